The fraction of sp³-hybridized carbons (Fsp3) is 0.286. The minimum absolute atomic E-state index is 0.0228. The van der Waals surface area contributed by atoms with E-state index in [0.717, 1.165) is 0 Å². The van der Waals surface area contributed by atoms with E-state index in [2.05, 4.69) is 16.3 Å². The highest BCUT2D eigenvalue weighted by Crippen LogP contribution is 2.15. The van der Waals surface area contributed by atoms with Crippen LogP contribution in [0.25, 0.3) is 0 Å². The highest BCUT2D eigenvalue weighted by atomic mass is 35.5. The molecular formula is C7H9ClN2O3S2. The van der Waals surface area contributed by atoms with Crippen molar-refractivity contribution in [2.24, 2.45) is 0 Å². The van der Waals surface area contributed by atoms with E-state index in [4.69, 9.17) is 11.6 Å². The average molecular weight is 269 g/mol. The predicted octanol–water partition coefficient (Wildman–Crippen LogP) is 0.776. The van der Waals surface area contributed by atoms with Gasteiger partial charge < -0.3 is 4.98 Å². The third kappa shape index (κ3) is 3.16. The topological polar surface area (TPSA) is 79.0 Å². The maximum absolute atomic E-state index is 11.6. The first-order chi connectivity index (χ1) is 6.83. The summed E-state index contributed by atoms with van der Waals surface area (Å²) in [6, 6.07) is 0. The Bertz CT molecular complexity index is 529. The van der Waals surface area contributed by atoms with E-state index < -0.39 is 14.9 Å². The molecular weight excluding hydrogens is 260 g/mol. The Labute approximate surface area is 95.8 Å². The van der Waals surface area contributed by atoms with E-state index >= 15 is 0 Å². The summed E-state index contributed by atoms with van der Waals surface area (Å²) in [5.41, 5.74) is 0.317. The number of aromatic nitrogens is 1. The van der Waals surface area contributed by atoms with Crippen LogP contribution in [0.5, 0.6) is 0 Å². The first kappa shape index (κ1) is 12.4. The first-order valence-electron chi connectivity index (χ1n) is 3.85. The minimum atomic E-state index is -3.67. The van der Waals surface area contributed by atoms with Gasteiger partial charge in [-0.3, -0.25) is 4.79 Å². The molecule has 0 atom stereocenters. The zero-order chi connectivity index (χ0) is 11.6. The van der Waals surface area contributed by atoms with Crippen LogP contribution in [-0.2, 0) is 10.0 Å². The Hall–Kier alpha value is -0.630. The maximum atomic E-state index is 11.6. The summed E-state index contributed by atoms with van der Waals surface area (Å²) in [5.74, 6) is 0. The Balaban J connectivity index is 3.01. The number of rotatable bonds is 4. The molecule has 1 heterocycles. The van der Waals surface area contributed by atoms with E-state index in [1.807, 2.05) is 0 Å². The molecule has 0 fully saturated rings. The van der Waals surface area contributed by atoms with Gasteiger partial charge in [0.05, 0.1) is 0 Å². The zero-order valence-corrected chi connectivity index (χ0v) is 10.2. The van der Waals surface area contributed by atoms with Gasteiger partial charge >= 0.3 is 4.87 Å². The molecule has 0 spiro atoms. The fourth-order valence-electron chi connectivity index (χ4n) is 0.886. The second kappa shape index (κ2) is 4.48. The molecule has 0 saturated carbocycles. The largest absolute Gasteiger partial charge is 0.315 e. The molecule has 8 heteroatoms. The molecule has 2 N–H and O–H groups in total. The van der Waals surface area contributed by atoms with Crippen LogP contribution in [0.1, 0.15) is 5.69 Å². The predicted molar refractivity (Wildman–Crippen MR) is 59.9 cm³/mol. The van der Waals surface area contributed by atoms with E-state index in [9.17, 15) is 13.2 Å². The number of aromatic amines is 1. The minimum Gasteiger partial charge on any atom is -0.315 e. The summed E-state index contributed by atoms with van der Waals surface area (Å²) in [5, 5.41) is 0.180. The van der Waals surface area contributed by atoms with Crippen LogP contribution in [0.4, 0.5) is 0 Å². The highest BCUT2D eigenvalue weighted by Gasteiger charge is 2.19. The van der Waals surface area contributed by atoms with Crippen molar-refractivity contribution in [3.63, 3.8) is 0 Å². The lowest BCUT2D eigenvalue weighted by Crippen LogP contribution is -2.24. The number of sulfonamides is 1. The maximum Gasteiger partial charge on any atom is 0.305 e. The highest BCUT2D eigenvalue weighted by molar-refractivity contribution is 7.91. The van der Waals surface area contributed by atoms with Crippen LogP contribution in [-0.4, -0.2) is 19.9 Å². The molecule has 0 saturated heterocycles. The summed E-state index contributed by atoms with van der Waals surface area (Å²) < 4.78 is 25.4. The third-order valence-electron chi connectivity index (χ3n) is 1.48. The molecule has 0 unspecified atom stereocenters. The number of aryl methyl sites for hydroxylation is 1. The van der Waals surface area contributed by atoms with Gasteiger partial charge in [-0.15, -0.1) is 0 Å². The smallest absolute Gasteiger partial charge is 0.305 e. The van der Waals surface area contributed by atoms with E-state index in [1.165, 1.54) is 6.92 Å². The van der Waals surface area contributed by atoms with E-state index in [-0.39, 0.29) is 15.8 Å². The van der Waals surface area contributed by atoms with Crippen LogP contribution in [0.3, 0.4) is 0 Å². The standard InChI is InChI=1S/C7H9ClN2O3S2/c1-4(8)3-9-15(12,13)6-5(2)10-7(11)14-6/h9H,1,3H2,2H3,(H,10,11). The number of halogens is 1. The molecule has 0 amide bonds. The van der Waals surface area contributed by atoms with Crippen molar-refractivity contribution in [1.82, 2.24) is 9.71 Å². The fourth-order valence-corrected chi connectivity index (χ4v) is 3.40. The molecule has 84 valence electrons. The summed E-state index contributed by atoms with van der Waals surface area (Å²) in [4.78, 5) is 12.9. The molecule has 0 aromatic carbocycles. The Morgan fingerprint density at radius 2 is 2.27 bits per heavy atom. The molecule has 0 aliphatic heterocycles. The summed E-state index contributed by atoms with van der Waals surface area (Å²) in [7, 11) is -3.67. The second-order valence-corrected chi connectivity index (χ2v) is 6.25. The summed E-state index contributed by atoms with van der Waals surface area (Å²) in [6.07, 6.45) is 0. The second-order valence-electron chi connectivity index (χ2n) is 2.77. The van der Waals surface area contributed by atoms with Crippen molar-refractivity contribution in [2.75, 3.05) is 6.54 Å². The van der Waals surface area contributed by atoms with Crippen LogP contribution in [0.2, 0.25) is 0 Å². The van der Waals surface area contributed by atoms with Crippen LogP contribution < -0.4 is 9.60 Å². The third-order valence-corrected chi connectivity index (χ3v) is 4.62. The van der Waals surface area contributed by atoms with Gasteiger partial charge in [0.1, 0.15) is 0 Å². The zero-order valence-electron chi connectivity index (χ0n) is 7.83. The van der Waals surface area contributed by atoms with Gasteiger partial charge in [0.25, 0.3) is 10.0 Å². The summed E-state index contributed by atoms with van der Waals surface area (Å²) >= 11 is 6.07. The Kier molecular flexibility index (Phi) is 3.72. The molecule has 5 nitrogen and oxygen atoms in total. The lowest BCUT2D eigenvalue weighted by molar-refractivity contribution is 0.586. The quantitative estimate of drug-likeness (QED) is 0.847. The molecule has 1 aromatic rings. The van der Waals surface area contributed by atoms with Gasteiger partial charge in [0, 0.05) is 17.3 Å². The number of nitrogens with one attached hydrogen (secondary N) is 2. The molecule has 0 aliphatic carbocycles. The summed E-state index contributed by atoms with van der Waals surface area (Å²) in [6.45, 7) is 4.81. The first-order valence-corrected chi connectivity index (χ1v) is 6.53. The normalized spacial score (nSPS) is 11.6. The van der Waals surface area contributed by atoms with Crippen molar-refractivity contribution in [2.45, 2.75) is 11.1 Å². The number of H-pyrrole nitrogens is 1. The van der Waals surface area contributed by atoms with Crippen molar-refractivity contribution in [1.29, 1.82) is 0 Å². The van der Waals surface area contributed by atoms with Gasteiger partial charge in [0.15, 0.2) is 4.21 Å². The molecule has 0 aliphatic rings. The van der Waals surface area contributed by atoms with E-state index in [0.29, 0.717) is 17.0 Å². The van der Waals surface area contributed by atoms with Crippen LogP contribution in [0.15, 0.2) is 20.6 Å². The average Bonchev–Trinajstić information content (AvgIpc) is 2.43. The van der Waals surface area contributed by atoms with Gasteiger partial charge in [-0.25, -0.2) is 13.1 Å². The molecule has 1 aromatic heterocycles. The molecule has 0 radical (unpaired) electrons. The van der Waals surface area contributed by atoms with Crippen molar-refractivity contribution in [3.8, 4) is 0 Å². The van der Waals surface area contributed by atoms with E-state index in [1.54, 1.807) is 0 Å². The molecule has 15 heavy (non-hydrogen) atoms. The van der Waals surface area contributed by atoms with Crippen molar-refractivity contribution in [3.05, 3.63) is 27.0 Å². The lowest BCUT2D eigenvalue weighted by Gasteiger charge is -2.03. The number of hydrogen-bond acceptors (Lipinski definition) is 4. The number of thiazole rings is 1. The van der Waals surface area contributed by atoms with Gasteiger partial charge in [0.2, 0.25) is 0 Å². The Morgan fingerprint density at radius 3 is 2.67 bits per heavy atom. The van der Waals surface area contributed by atoms with Gasteiger partial charge in [-0.1, -0.05) is 29.5 Å². The van der Waals surface area contributed by atoms with Crippen LogP contribution in [0, 0.1) is 6.92 Å². The Morgan fingerprint density at radius 1 is 1.67 bits per heavy atom. The number of hydrogen-bond donors (Lipinski definition) is 2. The van der Waals surface area contributed by atoms with Crippen molar-refractivity contribution >= 4 is 33.0 Å². The van der Waals surface area contributed by atoms with Gasteiger partial charge in [-0.2, -0.15) is 0 Å². The SMILES string of the molecule is C=C(Cl)CNS(=O)(=O)c1sc(=O)[nH]c1C. The molecule has 0 bridgehead atoms. The monoisotopic (exact) mass is 268 g/mol. The van der Waals surface area contributed by atoms with Crippen molar-refractivity contribution < 1.29 is 8.42 Å². The van der Waals surface area contributed by atoms with Gasteiger partial charge in [-0.05, 0) is 6.92 Å². The molecule has 1 rings (SSSR count). The van der Waals surface area contributed by atoms with Crippen LogP contribution >= 0.6 is 22.9 Å². The lowest BCUT2D eigenvalue weighted by atomic mass is 10.6.